The molecule has 1 amide bonds. The maximum atomic E-state index is 13.9. The molecule has 0 aliphatic heterocycles. The normalized spacial score (nSPS) is 11.7. The molecule has 0 aliphatic rings. The summed E-state index contributed by atoms with van der Waals surface area (Å²) in [6, 6.07) is 10.6. The average molecular weight is 415 g/mol. The first-order chi connectivity index (χ1) is 13.8. The number of nitrogens with zero attached hydrogens (tertiary/aromatic N) is 3. The van der Waals surface area contributed by atoms with Crippen LogP contribution in [0.25, 0.3) is 5.69 Å². The summed E-state index contributed by atoms with van der Waals surface area (Å²) in [5.41, 5.74) is 2.83. The van der Waals surface area contributed by atoms with Crippen molar-refractivity contribution >= 4 is 17.5 Å². The van der Waals surface area contributed by atoms with E-state index in [2.05, 4.69) is 10.4 Å². The van der Waals surface area contributed by atoms with E-state index in [1.165, 1.54) is 0 Å². The predicted molar refractivity (Wildman–Crippen MR) is 105 cm³/mol. The molecule has 148 valence electrons. The van der Waals surface area contributed by atoms with Crippen LogP contribution in [-0.4, -0.2) is 15.7 Å². The summed E-state index contributed by atoms with van der Waals surface area (Å²) in [6.45, 7) is 3.61. The molecule has 0 saturated heterocycles. The topological polar surface area (TPSA) is 70.7 Å². The number of carbonyl (C=O) groups excluding carboxylic acids is 1. The summed E-state index contributed by atoms with van der Waals surface area (Å²) in [4.78, 5) is 12.5. The van der Waals surface area contributed by atoms with Crippen LogP contribution in [-0.2, 0) is 11.2 Å². The third-order valence-electron chi connectivity index (χ3n) is 4.56. The smallest absolute Gasteiger partial charge is 0.225 e. The molecule has 8 heteroatoms. The minimum absolute atomic E-state index is 0.0355. The monoisotopic (exact) mass is 414 g/mol. The van der Waals surface area contributed by atoms with Crippen LogP contribution in [0.4, 0.5) is 8.78 Å². The van der Waals surface area contributed by atoms with Crippen LogP contribution >= 0.6 is 11.6 Å². The molecule has 0 spiro atoms. The molecule has 3 rings (SSSR count). The zero-order chi connectivity index (χ0) is 21.1. The van der Waals surface area contributed by atoms with Crippen molar-refractivity contribution in [2.75, 3.05) is 0 Å². The van der Waals surface area contributed by atoms with Gasteiger partial charge in [-0.1, -0.05) is 17.7 Å². The first kappa shape index (κ1) is 20.5. The summed E-state index contributed by atoms with van der Waals surface area (Å²) < 4.78 is 28.7. The molecule has 5 nitrogen and oxygen atoms in total. The number of benzene rings is 2. The molecule has 0 aliphatic carbocycles. The molecule has 0 radical (unpaired) electrons. The second-order valence-corrected chi connectivity index (χ2v) is 6.95. The molecule has 0 bridgehead atoms. The lowest BCUT2D eigenvalue weighted by Crippen LogP contribution is -2.30. The quantitative estimate of drug-likeness (QED) is 0.675. The Balaban J connectivity index is 1.80. The van der Waals surface area contributed by atoms with E-state index in [4.69, 9.17) is 11.6 Å². The molecule has 2 aromatic carbocycles. The molecule has 29 heavy (non-hydrogen) atoms. The van der Waals surface area contributed by atoms with Crippen molar-refractivity contribution in [3.05, 3.63) is 81.6 Å². The van der Waals surface area contributed by atoms with Gasteiger partial charge in [-0.15, -0.1) is 0 Å². The van der Waals surface area contributed by atoms with Crippen molar-refractivity contribution in [3.8, 4) is 11.8 Å². The van der Waals surface area contributed by atoms with Crippen molar-refractivity contribution in [2.24, 2.45) is 0 Å². The lowest BCUT2D eigenvalue weighted by Gasteiger charge is -2.13. The highest BCUT2D eigenvalue weighted by Crippen LogP contribution is 2.21. The van der Waals surface area contributed by atoms with Crippen LogP contribution in [0.1, 0.15) is 28.6 Å². The number of nitriles is 1. The van der Waals surface area contributed by atoms with Gasteiger partial charge in [-0.25, -0.2) is 13.5 Å². The van der Waals surface area contributed by atoms with Gasteiger partial charge in [-0.3, -0.25) is 4.79 Å². The number of amides is 1. The largest absolute Gasteiger partial charge is 0.336 e. The standard InChI is InChI=1S/C21H17ClF2N4O/c1-12-18(13(2)28(27-12)16-6-3-14(22)4-7-16)10-21(29)26-20(11-25)17-8-5-15(23)9-19(17)24/h3-9,20H,10H2,1-2H3,(H,26,29). The van der Waals surface area contributed by atoms with E-state index < -0.39 is 23.6 Å². The second kappa shape index (κ2) is 8.41. The van der Waals surface area contributed by atoms with Crippen molar-refractivity contribution in [3.63, 3.8) is 0 Å². The Morgan fingerprint density at radius 3 is 2.55 bits per heavy atom. The third kappa shape index (κ3) is 4.44. The fourth-order valence-corrected chi connectivity index (χ4v) is 3.18. The van der Waals surface area contributed by atoms with Crippen LogP contribution in [0.15, 0.2) is 42.5 Å². The predicted octanol–water partition coefficient (Wildman–Crippen LogP) is 4.34. The first-order valence-electron chi connectivity index (χ1n) is 8.75. The lowest BCUT2D eigenvalue weighted by molar-refractivity contribution is -0.120. The fraction of sp³-hybridized carbons (Fsp3) is 0.190. The number of carbonyl (C=O) groups is 1. The van der Waals surface area contributed by atoms with E-state index in [9.17, 15) is 18.8 Å². The molecule has 1 atom stereocenters. The SMILES string of the molecule is Cc1nn(-c2ccc(Cl)cc2)c(C)c1CC(=O)NC(C#N)c1ccc(F)cc1F. The Labute approximate surface area is 171 Å². The highest BCUT2D eigenvalue weighted by molar-refractivity contribution is 6.30. The summed E-state index contributed by atoms with van der Waals surface area (Å²) in [5, 5.41) is 16.9. The zero-order valence-corrected chi connectivity index (χ0v) is 16.5. The van der Waals surface area contributed by atoms with E-state index in [0.29, 0.717) is 22.3 Å². The molecular weight excluding hydrogens is 398 g/mol. The summed E-state index contributed by atoms with van der Waals surface area (Å²) in [5.74, 6) is -2.11. The van der Waals surface area contributed by atoms with Gasteiger partial charge in [0.25, 0.3) is 0 Å². The van der Waals surface area contributed by atoms with Gasteiger partial charge in [-0.05, 0) is 44.2 Å². The summed E-state index contributed by atoms with van der Waals surface area (Å²) >= 11 is 5.92. The molecular formula is C21H17ClF2N4O. The van der Waals surface area contributed by atoms with Gasteiger partial charge in [0, 0.05) is 27.9 Å². The Morgan fingerprint density at radius 1 is 1.24 bits per heavy atom. The molecule has 0 fully saturated rings. The molecule has 1 N–H and O–H groups in total. The van der Waals surface area contributed by atoms with Crippen LogP contribution in [0.3, 0.4) is 0 Å². The molecule has 1 aromatic heterocycles. The van der Waals surface area contributed by atoms with E-state index in [1.54, 1.807) is 23.7 Å². The Morgan fingerprint density at radius 2 is 1.93 bits per heavy atom. The van der Waals surface area contributed by atoms with Gasteiger partial charge in [0.1, 0.15) is 17.7 Å². The van der Waals surface area contributed by atoms with Gasteiger partial charge in [-0.2, -0.15) is 10.4 Å². The van der Waals surface area contributed by atoms with Gasteiger partial charge < -0.3 is 5.32 Å². The van der Waals surface area contributed by atoms with Crippen LogP contribution in [0.5, 0.6) is 0 Å². The van der Waals surface area contributed by atoms with Crippen LogP contribution < -0.4 is 5.32 Å². The lowest BCUT2D eigenvalue weighted by atomic mass is 10.1. The Kier molecular flexibility index (Phi) is 5.95. The van der Waals surface area contributed by atoms with Crippen LogP contribution in [0.2, 0.25) is 5.02 Å². The summed E-state index contributed by atoms with van der Waals surface area (Å²) in [7, 11) is 0. The van der Waals surface area contributed by atoms with Crippen molar-refractivity contribution in [1.29, 1.82) is 5.26 Å². The average Bonchev–Trinajstić information content (AvgIpc) is 2.95. The number of hydrogen-bond acceptors (Lipinski definition) is 3. The zero-order valence-electron chi connectivity index (χ0n) is 15.7. The highest BCUT2D eigenvalue weighted by Gasteiger charge is 2.21. The number of aromatic nitrogens is 2. The van der Waals surface area contributed by atoms with E-state index in [-0.39, 0.29) is 12.0 Å². The van der Waals surface area contributed by atoms with Crippen LogP contribution in [0, 0.1) is 36.8 Å². The van der Waals surface area contributed by atoms with E-state index >= 15 is 0 Å². The van der Waals surface area contributed by atoms with Gasteiger partial charge in [0.15, 0.2) is 0 Å². The van der Waals surface area contributed by atoms with Gasteiger partial charge in [0.05, 0.1) is 23.9 Å². The molecule has 1 heterocycles. The van der Waals surface area contributed by atoms with Crippen molar-refractivity contribution < 1.29 is 13.6 Å². The van der Waals surface area contributed by atoms with Crippen molar-refractivity contribution in [2.45, 2.75) is 26.3 Å². The van der Waals surface area contributed by atoms with E-state index in [1.807, 2.05) is 25.1 Å². The van der Waals surface area contributed by atoms with Gasteiger partial charge in [0.2, 0.25) is 5.91 Å². The highest BCUT2D eigenvalue weighted by atomic mass is 35.5. The number of rotatable bonds is 5. The van der Waals surface area contributed by atoms with Gasteiger partial charge >= 0.3 is 0 Å². The maximum Gasteiger partial charge on any atom is 0.225 e. The Bertz CT molecular complexity index is 1100. The van der Waals surface area contributed by atoms with E-state index in [0.717, 1.165) is 23.5 Å². The maximum absolute atomic E-state index is 13.9. The minimum atomic E-state index is -1.23. The third-order valence-corrected chi connectivity index (χ3v) is 4.81. The first-order valence-corrected chi connectivity index (χ1v) is 9.13. The number of halogens is 3. The molecule has 1 unspecified atom stereocenters. The number of aryl methyl sites for hydroxylation is 1. The Hall–Kier alpha value is -3.24. The number of nitrogens with one attached hydrogen (secondary N) is 1. The van der Waals surface area contributed by atoms with Crippen molar-refractivity contribution in [1.82, 2.24) is 15.1 Å². The molecule has 0 saturated carbocycles. The second-order valence-electron chi connectivity index (χ2n) is 6.51. The molecule has 3 aromatic rings. The minimum Gasteiger partial charge on any atom is -0.336 e. The number of hydrogen-bond donors (Lipinski definition) is 1. The summed E-state index contributed by atoms with van der Waals surface area (Å²) in [6.07, 6.45) is -0.0355. The fourth-order valence-electron chi connectivity index (χ4n) is 3.05.